The van der Waals surface area contributed by atoms with Crippen molar-refractivity contribution in [3.05, 3.63) is 64.9 Å². The number of ether oxygens (including phenoxy) is 1. The minimum atomic E-state index is -1.87. The van der Waals surface area contributed by atoms with Crippen LogP contribution in [0.4, 0.5) is 5.82 Å². The second kappa shape index (κ2) is 6.86. The van der Waals surface area contributed by atoms with Crippen LogP contribution in [-0.4, -0.2) is 26.6 Å². The van der Waals surface area contributed by atoms with Gasteiger partial charge in [-0.2, -0.15) is 0 Å². The van der Waals surface area contributed by atoms with Crippen molar-refractivity contribution < 1.29 is 7.48 Å². The van der Waals surface area contributed by atoms with Gasteiger partial charge < -0.3 is 10.5 Å². The molecular formula is C19H16BrN5O. The number of aromatic nitrogens is 4. The number of nitrogen functional groups attached to an aromatic ring is 1. The molecular weight excluding hydrogens is 394 g/mol. The highest BCUT2D eigenvalue weighted by molar-refractivity contribution is 9.10. The van der Waals surface area contributed by atoms with E-state index in [4.69, 9.17) is 18.2 Å². The Hall–Kier alpha value is -2.77. The van der Waals surface area contributed by atoms with Crippen molar-refractivity contribution in [3.63, 3.8) is 0 Å². The fourth-order valence-corrected chi connectivity index (χ4v) is 3.06. The molecule has 0 spiro atoms. The number of pyridine rings is 2. The van der Waals surface area contributed by atoms with E-state index in [-0.39, 0.29) is 0 Å². The van der Waals surface area contributed by atoms with Crippen LogP contribution in [0.15, 0.2) is 59.3 Å². The van der Waals surface area contributed by atoms with Crippen LogP contribution in [0.25, 0.3) is 28.2 Å². The number of hydrogen-bond acceptors (Lipinski definition) is 5. The van der Waals surface area contributed by atoms with Gasteiger partial charge in [-0.15, -0.1) is 0 Å². The molecule has 0 atom stereocenters. The van der Waals surface area contributed by atoms with E-state index in [1.807, 2.05) is 22.8 Å². The molecule has 2 N–H and O–H groups in total. The van der Waals surface area contributed by atoms with E-state index in [0.717, 1.165) is 5.69 Å². The van der Waals surface area contributed by atoms with E-state index in [2.05, 4.69) is 25.9 Å². The zero-order valence-electron chi connectivity index (χ0n) is 15.8. The maximum atomic E-state index is 7.91. The number of rotatable bonds is 4. The van der Waals surface area contributed by atoms with Crippen LogP contribution < -0.4 is 5.73 Å². The van der Waals surface area contributed by atoms with Gasteiger partial charge in [0.2, 0.25) is 0 Å². The number of halogens is 1. The minimum absolute atomic E-state index is 0.366. The van der Waals surface area contributed by atoms with Gasteiger partial charge in [-0.3, -0.25) is 4.57 Å². The van der Waals surface area contributed by atoms with Crippen LogP contribution in [0.3, 0.4) is 0 Å². The van der Waals surface area contributed by atoms with E-state index in [0.29, 0.717) is 38.5 Å². The molecule has 130 valence electrons. The molecule has 3 aromatic heterocycles. The summed E-state index contributed by atoms with van der Waals surface area (Å²) in [7, 11) is 1.34. The Morgan fingerprint density at radius 2 is 1.96 bits per heavy atom. The molecule has 0 bridgehead atoms. The molecule has 0 aliphatic carbocycles. The summed E-state index contributed by atoms with van der Waals surface area (Å²) in [5, 5.41) is 0. The molecule has 7 heteroatoms. The van der Waals surface area contributed by atoms with Crippen molar-refractivity contribution in [1.82, 2.24) is 19.5 Å². The molecule has 3 heterocycles. The minimum Gasteiger partial charge on any atom is -0.383 e. The lowest BCUT2D eigenvalue weighted by Crippen LogP contribution is -2.02. The monoisotopic (exact) mass is 411 g/mol. The average Bonchev–Trinajstić information content (AvgIpc) is 3.06. The van der Waals surface area contributed by atoms with E-state index in [1.165, 1.54) is 7.11 Å². The number of imidazole rings is 1. The Morgan fingerprint density at radius 1 is 1.15 bits per heavy atom. The van der Waals surface area contributed by atoms with E-state index < -0.39 is 6.56 Å². The molecule has 0 saturated heterocycles. The van der Waals surface area contributed by atoms with Gasteiger partial charge in [0, 0.05) is 19.0 Å². The second-order valence-corrected chi connectivity index (χ2v) is 6.35. The standard InChI is InChI=1S/C19H16BrN5O/c1-26-11-12-4-6-13(7-5-12)25-18(14-3-2-10-22-17(14)21)23-15-8-9-16(20)24-19(15)25/h2-10H,11H2,1H3,(H2,21,22)/i11D2. The third kappa shape index (κ3) is 2.95. The quantitative estimate of drug-likeness (QED) is 0.513. The van der Waals surface area contributed by atoms with Gasteiger partial charge in [0.1, 0.15) is 15.9 Å². The first kappa shape index (κ1) is 14.4. The molecule has 0 saturated carbocycles. The Labute approximate surface area is 161 Å². The molecule has 0 radical (unpaired) electrons. The fraction of sp³-hybridized carbons (Fsp3) is 0.105. The first-order valence-electron chi connectivity index (χ1n) is 8.82. The molecule has 0 fully saturated rings. The van der Waals surface area contributed by atoms with Crippen LogP contribution in [0.5, 0.6) is 0 Å². The molecule has 0 aliphatic rings. The lowest BCUT2D eigenvalue weighted by atomic mass is 10.2. The lowest BCUT2D eigenvalue weighted by molar-refractivity contribution is 0.185. The van der Waals surface area contributed by atoms with Crippen molar-refractivity contribution in [2.75, 3.05) is 12.8 Å². The highest BCUT2D eigenvalue weighted by Gasteiger charge is 2.18. The van der Waals surface area contributed by atoms with Crippen molar-refractivity contribution in [3.8, 4) is 17.1 Å². The SMILES string of the molecule is [2H]C([2H])(OC)c1ccc(-n2c(-c3cccnc3N)nc3ccc(Br)nc32)cc1. The van der Waals surface area contributed by atoms with Crippen molar-refractivity contribution in [2.45, 2.75) is 6.56 Å². The topological polar surface area (TPSA) is 78.9 Å². The maximum Gasteiger partial charge on any atom is 0.166 e. The van der Waals surface area contributed by atoms with Gasteiger partial charge in [0.25, 0.3) is 0 Å². The smallest absolute Gasteiger partial charge is 0.166 e. The number of fused-ring (bicyclic) bond motifs is 1. The van der Waals surface area contributed by atoms with Gasteiger partial charge in [0.15, 0.2) is 11.5 Å². The van der Waals surface area contributed by atoms with Crippen LogP contribution in [0, 0.1) is 0 Å². The Morgan fingerprint density at radius 3 is 2.69 bits per heavy atom. The number of hydrogen-bond donors (Lipinski definition) is 1. The van der Waals surface area contributed by atoms with Crippen LogP contribution >= 0.6 is 15.9 Å². The molecule has 1 aromatic carbocycles. The van der Waals surface area contributed by atoms with Crippen LogP contribution in [0.1, 0.15) is 8.30 Å². The molecule has 6 nitrogen and oxygen atoms in total. The van der Waals surface area contributed by atoms with Crippen LogP contribution in [0.2, 0.25) is 0 Å². The zero-order valence-corrected chi connectivity index (χ0v) is 15.4. The number of anilines is 1. The van der Waals surface area contributed by atoms with E-state index >= 15 is 0 Å². The summed E-state index contributed by atoms with van der Waals surface area (Å²) < 4.78 is 23.3. The summed E-state index contributed by atoms with van der Waals surface area (Å²) >= 11 is 3.41. The molecule has 26 heavy (non-hydrogen) atoms. The molecule has 4 aromatic rings. The van der Waals surface area contributed by atoms with Crippen molar-refractivity contribution in [2.24, 2.45) is 0 Å². The number of nitrogens with zero attached hydrogens (tertiary/aromatic N) is 4. The predicted molar refractivity (Wildman–Crippen MR) is 105 cm³/mol. The van der Waals surface area contributed by atoms with Crippen molar-refractivity contribution >= 4 is 32.9 Å². The van der Waals surface area contributed by atoms with Gasteiger partial charge in [-0.25, -0.2) is 15.0 Å². The van der Waals surface area contributed by atoms with Gasteiger partial charge in [-0.1, -0.05) is 12.1 Å². The molecule has 0 unspecified atom stereocenters. The summed E-state index contributed by atoms with van der Waals surface area (Å²) in [5.41, 5.74) is 9.31. The van der Waals surface area contributed by atoms with E-state index in [1.54, 1.807) is 36.5 Å². The molecule has 4 rings (SSSR count). The zero-order chi connectivity index (χ0) is 19.9. The first-order valence-corrected chi connectivity index (χ1v) is 8.62. The Kier molecular flexibility index (Phi) is 3.80. The lowest BCUT2D eigenvalue weighted by Gasteiger charge is -2.11. The van der Waals surface area contributed by atoms with E-state index in [9.17, 15) is 0 Å². The average molecular weight is 412 g/mol. The summed E-state index contributed by atoms with van der Waals surface area (Å²) in [6.45, 7) is -1.87. The normalized spacial score (nSPS) is 12.8. The third-order valence-electron chi connectivity index (χ3n) is 3.90. The predicted octanol–water partition coefficient (Wildman–Crippen LogP) is 3.97. The highest BCUT2D eigenvalue weighted by atomic mass is 79.9. The Bertz CT molecular complexity index is 1160. The maximum absolute atomic E-state index is 7.91. The summed E-state index contributed by atoms with van der Waals surface area (Å²) in [6.07, 6.45) is 1.63. The largest absolute Gasteiger partial charge is 0.383 e. The molecule has 0 aliphatic heterocycles. The van der Waals surface area contributed by atoms with Gasteiger partial charge >= 0.3 is 0 Å². The molecule has 0 amide bonds. The number of methoxy groups -OCH3 is 1. The number of benzene rings is 1. The summed E-state index contributed by atoms with van der Waals surface area (Å²) in [6, 6.07) is 14.3. The Balaban J connectivity index is 1.96. The number of nitrogens with two attached hydrogens (primary N) is 1. The third-order valence-corrected chi connectivity index (χ3v) is 4.34. The van der Waals surface area contributed by atoms with Gasteiger partial charge in [-0.05, 0) is 57.9 Å². The van der Waals surface area contributed by atoms with Crippen LogP contribution in [-0.2, 0) is 11.3 Å². The summed E-state index contributed by atoms with van der Waals surface area (Å²) in [5.74, 6) is 0.971. The van der Waals surface area contributed by atoms with Gasteiger partial charge in [0.05, 0.1) is 14.9 Å². The summed E-state index contributed by atoms with van der Waals surface area (Å²) in [4.78, 5) is 13.4. The van der Waals surface area contributed by atoms with Crippen molar-refractivity contribution in [1.29, 1.82) is 0 Å². The first-order chi connectivity index (χ1) is 13.4. The fourth-order valence-electron chi connectivity index (χ4n) is 2.76. The highest BCUT2D eigenvalue weighted by Crippen LogP contribution is 2.30. The second-order valence-electron chi connectivity index (χ2n) is 5.54.